The maximum Gasteiger partial charge on any atom is 0.137 e. The monoisotopic (exact) mass is 351 g/mol. The lowest BCUT2D eigenvalue weighted by Gasteiger charge is -2.15. The molecule has 0 aliphatic rings. The van der Waals surface area contributed by atoms with E-state index in [0.29, 0.717) is 11.3 Å². The van der Waals surface area contributed by atoms with Gasteiger partial charge in [-0.2, -0.15) is 0 Å². The maximum absolute atomic E-state index is 13.4. The van der Waals surface area contributed by atoms with Gasteiger partial charge in [0.05, 0.1) is 11.7 Å². The zero-order chi connectivity index (χ0) is 18.1. The van der Waals surface area contributed by atoms with Crippen LogP contribution in [-0.2, 0) is 6.42 Å². The first-order valence-electron chi connectivity index (χ1n) is 8.04. The first kappa shape index (κ1) is 16.3. The quantitative estimate of drug-likeness (QED) is 0.589. The maximum atomic E-state index is 13.4. The van der Waals surface area contributed by atoms with Crippen LogP contribution in [0.3, 0.4) is 0 Å². The van der Waals surface area contributed by atoms with Gasteiger partial charge in [-0.05, 0) is 36.2 Å². The Bertz CT molecular complexity index is 1060. The number of hydrogen-bond donors (Lipinski definition) is 2. The molecule has 0 aliphatic heterocycles. The molecule has 1 aromatic carbocycles. The Balaban J connectivity index is 1.70. The molecule has 4 aromatic rings. The standard InChI is InChI=1S/C19H15F2N5/c20-14-3-11(4-15(21)7-14)5-17(22)18-16(9-23-10-26-18)13-6-12-1-2-24-19(12)25-8-13/h1-4,6-10,17H,5,22H2,(H,24,25)/t17-/m0/s1. The first-order chi connectivity index (χ1) is 12.6. The number of hydrogen-bond acceptors (Lipinski definition) is 4. The third kappa shape index (κ3) is 3.16. The topological polar surface area (TPSA) is 80.5 Å². The van der Waals surface area contributed by atoms with Gasteiger partial charge in [0.1, 0.15) is 23.6 Å². The van der Waals surface area contributed by atoms with E-state index >= 15 is 0 Å². The number of pyridine rings is 1. The fourth-order valence-electron chi connectivity index (χ4n) is 3.02. The predicted octanol–water partition coefficient (Wildman–Crippen LogP) is 3.54. The Hall–Kier alpha value is -3.19. The van der Waals surface area contributed by atoms with E-state index in [0.717, 1.165) is 28.2 Å². The minimum absolute atomic E-state index is 0.249. The van der Waals surface area contributed by atoms with Gasteiger partial charge in [0.25, 0.3) is 0 Å². The normalized spacial score (nSPS) is 12.4. The van der Waals surface area contributed by atoms with Gasteiger partial charge in [0.2, 0.25) is 0 Å². The number of nitrogens with two attached hydrogens (primary N) is 1. The summed E-state index contributed by atoms with van der Waals surface area (Å²) in [5.74, 6) is -1.26. The van der Waals surface area contributed by atoms with Crippen molar-refractivity contribution in [3.63, 3.8) is 0 Å². The largest absolute Gasteiger partial charge is 0.346 e. The number of nitrogens with zero attached hydrogens (tertiary/aromatic N) is 3. The molecule has 26 heavy (non-hydrogen) atoms. The summed E-state index contributed by atoms with van der Waals surface area (Å²) in [7, 11) is 0. The van der Waals surface area contributed by atoms with Crippen LogP contribution in [0.4, 0.5) is 8.78 Å². The zero-order valence-electron chi connectivity index (χ0n) is 13.7. The van der Waals surface area contributed by atoms with Crippen LogP contribution in [0.2, 0.25) is 0 Å². The van der Waals surface area contributed by atoms with Gasteiger partial charge in [0, 0.05) is 41.2 Å². The highest BCUT2D eigenvalue weighted by Gasteiger charge is 2.16. The molecular weight excluding hydrogens is 336 g/mol. The minimum Gasteiger partial charge on any atom is -0.346 e. The summed E-state index contributed by atoms with van der Waals surface area (Å²) in [5.41, 5.74) is 9.72. The van der Waals surface area contributed by atoms with Crippen LogP contribution in [-0.4, -0.2) is 19.9 Å². The zero-order valence-corrected chi connectivity index (χ0v) is 13.7. The van der Waals surface area contributed by atoms with Gasteiger partial charge >= 0.3 is 0 Å². The second-order valence-electron chi connectivity index (χ2n) is 6.05. The van der Waals surface area contributed by atoms with Crippen molar-refractivity contribution >= 4 is 11.0 Å². The Morgan fingerprint density at radius 3 is 2.65 bits per heavy atom. The molecule has 0 bridgehead atoms. The average molecular weight is 351 g/mol. The highest BCUT2D eigenvalue weighted by molar-refractivity contribution is 5.81. The van der Waals surface area contributed by atoms with E-state index in [9.17, 15) is 8.78 Å². The van der Waals surface area contributed by atoms with E-state index in [2.05, 4.69) is 19.9 Å². The Morgan fingerprint density at radius 2 is 1.85 bits per heavy atom. The van der Waals surface area contributed by atoms with Gasteiger partial charge in [-0.25, -0.2) is 23.7 Å². The number of nitrogens with one attached hydrogen (secondary N) is 1. The predicted molar refractivity (Wildman–Crippen MR) is 94.1 cm³/mol. The molecule has 0 spiro atoms. The molecule has 0 unspecified atom stereocenters. The SMILES string of the molecule is N[C@@H](Cc1cc(F)cc(F)c1)c1ncncc1-c1cnc2[nH]ccc2c1. The number of aromatic nitrogens is 4. The number of halogens is 2. The first-order valence-corrected chi connectivity index (χ1v) is 8.04. The van der Waals surface area contributed by atoms with Crippen molar-refractivity contribution in [1.29, 1.82) is 0 Å². The average Bonchev–Trinajstić information content (AvgIpc) is 3.08. The minimum atomic E-state index is -0.628. The van der Waals surface area contributed by atoms with Crippen molar-refractivity contribution in [3.05, 3.63) is 78.1 Å². The summed E-state index contributed by atoms with van der Waals surface area (Å²) in [4.78, 5) is 15.8. The van der Waals surface area contributed by atoms with E-state index in [1.807, 2.05) is 18.3 Å². The van der Waals surface area contributed by atoms with Gasteiger partial charge in [-0.15, -0.1) is 0 Å². The number of rotatable bonds is 4. The highest BCUT2D eigenvalue weighted by Crippen LogP contribution is 2.28. The summed E-state index contributed by atoms with van der Waals surface area (Å²) < 4.78 is 26.9. The van der Waals surface area contributed by atoms with Crippen molar-refractivity contribution in [2.75, 3.05) is 0 Å². The van der Waals surface area contributed by atoms with Gasteiger partial charge < -0.3 is 10.7 Å². The van der Waals surface area contributed by atoms with E-state index in [1.54, 1.807) is 12.4 Å². The summed E-state index contributed by atoms with van der Waals surface area (Å²) >= 11 is 0. The highest BCUT2D eigenvalue weighted by atomic mass is 19.1. The second kappa shape index (κ2) is 6.61. The fourth-order valence-corrected chi connectivity index (χ4v) is 3.02. The fraction of sp³-hybridized carbons (Fsp3) is 0.105. The molecule has 4 rings (SSSR count). The molecule has 3 heterocycles. The molecule has 7 heteroatoms. The third-order valence-corrected chi connectivity index (χ3v) is 4.18. The van der Waals surface area contributed by atoms with Gasteiger partial charge in [-0.3, -0.25) is 0 Å². The van der Waals surface area contributed by atoms with Crippen molar-refractivity contribution in [1.82, 2.24) is 19.9 Å². The molecule has 0 amide bonds. The second-order valence-corrected chi connectivity index (χ2v) is 6.05. The van der Waals surface area contributed by atoms with Gasteiger partial charge in [-0.1, -0.05) is 0 Å². The number of fused-ring (bicyclic) bond motifs is 1. The van der Waals surface area contributed by atoms with Crippen LogP contribution in [0.1, 0.15) is 17.3 Å². The van der Waals surface area contributed by atoms with E-state index < -0.39 is 17.7 Å². The molecule has 0 saturated heterocycles. The van der Waals surface area contributed by atoms with Crippen LogP contribution < -0.4 is 5.73 Å². The Kier molecular flexibility index (Phi) is 4.14. The molecule has 130 valence electrons. The smallest absolute Gasteiger partial charge is 0.137 e. The molecule has 0 fully saturated rings. The van der Waals surface area contributed by atoms with Gasteiger partial charge in [0.15, 0.2) is 0 Å². The van der Waals surface area contributed by atoms with Crippen molar-refractivity contribution < 1.29 is 8.78 Å². The molecule has 0 radical (unpaired) electrons. The van der Waals surface area contributed by atoms with Crippen LogP contribution in [0.5, 0.6) is 0 Å². The van der Waals surface area contributed by atoms with Crippen LogP contribution in [0.25, 0.3) is 22.2 Å². The molecular formula is C19H15F2N5. The van der Waals surface area contributed by atoms with Crippen molar-refractivity contribution in [2.45, 2.75) is 12.5 Å². The lowest BCUT2D eigenvalue weighted by atomic mass is 9.97. The molecule has 5 nitrogen and oxygen atoms in total. The summed E-state index contributed by atoms with van der Waals surface area (Å²) in [5, 5.41) is 0.957. The number of aromatic amines is 1. The molecule has 0 aliphatic carbocycles. The van der Waals surface area contributed by atoms with E-state index in [1.165, 1.54) is 18.5 Å². The molecule has 0 saturated carbocycles. The van der Waals surface area contributed by atoms with Crippen LogP contribution in [0.15, 0.2) is 55.2 Å². The van der Waals surface area contributed by atoms with E-state index in [-0.39, 0.29) is 6.42 Å². The Labute approximate surface area is 147 Å². The third-order valence-electron chi connectivity index (χ3n) is 4.18. The van der Waals surface area contributed by atoms with Crippen molar-refractivity contribution in [3.8, 4) is 11.1 Å². The molecule has 3 aromatic heterocycles. The number of benzene rings is 1. The lowest BCUT2D eigenvalue weighted by molar-refractivity contribution is 0.575. The number of H-pyrrole nitrogens is 1. The van der Waals surface area contributed by atoms with Crippen LogP contribution >= 0.6 is 0 Å². The molecule has 3 N–H and O–H groups in total. The Morgan fingerprint density at radius 1 is 1.04 bits per heavy atom. The lowest BCUT2D eigenvalue weighted by Crippen LogP contribution is -2.16. The van der Waals surface area contributed by atoms with Crippen LogP contribution in [0, 0.1) is 11.6 Å². The van der Waals surface area contributed by atoms with Crippen molar-refractivity contribution in [2.24, 2.45) is 5.73 Å². The molecule has 1 atom stereocenters. The van der Waals surface area contributed by atoms with E-state index in [4.69, 9.17) is 5.73 Å². The summed E-state index contributed by atoms with van der Waals surface area (Å²) in [6.45, 7) is 0. The summed E-state index contributed by atoms with van der Waals surface area (Å²) in [6, 6.07) is 6.73. The summed E-state index contributed by atoms with van der Waals surface area (Å²) in [6.07, 6.45) is 6.86.